The van der Waals surface area contributed by atoms with Crippen LogP contribution in [0.4, 0.5) is 5.69 Å². The van der Waals surface area contributed by atoms with E-state index in [0.717, 1.165) is 16.3 Å². The predicted molar refractivity (Wildman–Crippen MR) is 86.9 cm³/mol. The van der Waals surface area contributed by atoms with Crippen LogP contribution in [-0.2, 0) is 4.79 Å². The molecule has 0 aliphatic carbocycles. The van der Waals surface area contributed by atoms with Gasteiger partial charge in [-0.25, -0.2) is 9.97 Å². The lowest BCUT2D eigenvalue weighted by atomic mass is 10.2. The molecule has 0 radical (unpaired) electrons. The minimum absolute atomic E-state index is 0.0869. The van der Waals surface area contributed by atoms with Gasteiger partial charge in [0.25, 0.3) is 0 Å². The Hall–Kier alpha value is -1.59. The molecule has 0 saturated carbocycles. The van der Waals surface area contributed by atoms with Crippen LogP contribution in [0.25, 0.3) is 0 Å². The monoisotopic (exact) mass is 321 g/mol. The van der Waals surface area contributed by atoms with Crippen molar-refractivity contribution in [1.29, 1.82) is 0 Å². The summed E-state index contributed by atoms with van der Waals surface area (Å²) in [5.74, 6) is -0.0869. The number of carbonyl (C=O) groups is 1. The smallest absolute Gasteiger partial charge is 0.237 e. The summed E-state index contributed by atoms with van der Waals surface area (Å²) in [6.07, 6.45) is 1.50. The van der Waals surface area contributed by atoms with E-state index in [1.54, 1.807) is 6.07 Å². The molecule has 4 nitrogen and oxygen atoms in total. The number of benzene rings is 1. The number of hydrogen-bond donors (Lipinski definition) is 1. The van der Waals surface area contributed by atoms with Gasteiger partial charge in [-0.3, -0.25) is 4.79 Å². The number of amides is 1. The van der Waals surface area contributed by atoms with Crippen LogP contribution in [0.3, 0.4) is 0 Å². The first kappa shape index (κ1) is 15.8. The topological polar surface area (TPSA) is 54.9 Å². The number of carbonyl (C=O) groups excluding carboxylic acids is 1. The molecular formula is C15H16ClN3OS. The van der Waals surface area contributed by atoms with Crippen molar-refractivity contribution >= 4 is 35.0 Å². The van der Waals surface area contributed by atoms with Gasteiger partial charge in [0.1, 0.15) is 11.4 Å². The van der Waals surface area contributed by atoms with E-state index in [4.69, 9.17) is 11.6 Å². The fraction of sp³-hybridized carbons (Fsp3) is 0.267. The number of nitrogens with one attached hydrogen (secondary N) is 1. The van der Waals surface area contributed by atoms with Crippen molar-refractivity contribution in [3.05, 3.63) is 46.9 Å². The third kappa shape index (κ3) is 4.44. The van der Waals surface area contributed by atoms with E-state index in [2.05, 4.69) is 15.3 Å². The first-order chi connectivity index (χ1) is 9.95. The highest BCUT2D eigenvalue weighted by atomic mass is 35.5. The Morgan fingerprint density at radius 1 is 1.29 bits per heavy atom. The molecule has 0 aliphatic heterocycles. The second-order valence-electron chi connectivity index (χ2n) is 4.71. The van der Waals surface area contributed by atoms with E-state index in [1.165, 1.54) is 18.1 Å². The average molecular weight is 322 g/mol. The van der Waals surface area contributed by atoms with Gasteiger partial charge in [0.05, 0.1) is 5.25 Å². The molecule has 1 heterocycles. The molecule has 0 aliphatic rings. The molecule has 1 aromatic heterocycles. The fourth-order valence-corrected chi connectivity index (χ4v) is 2.70. The highest BCUT2D eigenvalue weighted by molar-refractivity contribution is 8.00. The number of aromatic nitrogens is 2. The Labute approximate surface area is 133 Å². The van der Waals surface area contributed by atoms with Crippen molar-refractivity contribution < 1.29 is 4.79 Å². The largest absolute Gasteiger partial charge is 0.325 e. The maximum Gasteiger partial charge on any atom is 0.237 e. The van der Waals surface area contributed by atoms with E-state index in [0.29, 0.717) is 10.7 Å². The number of anilines is 1. The summed E-state index contributed by atoms with van der Waals surface area (Å²) in [7, 11) is 0. The number of aryl methyl sites for hydroxylation is 2. The number of rotatable bonds is 4. The molecule has 0 spiro atoms. The molecule has 1 aromatic carbocycles. The van der Waals surface area contributed by atoms with Gasteiger partial charge in [-0.05, 0) is 44.5 Å². The zero-order chi connectivity index (χ0) is 15.4. The van der Waals surface area contributed by atoms with Crippen molar-refractivity contribution in [2.45, 2.75) is 31.0 Å². The zero-order valence-electron chi connectivity index (χ0n) is 12.1. The second kappa shape index (κ2) is 6.91. The van der Waals surface area contributed by atoms with E-state index in [9.17, 15) is 4.79 Å². The summed E-state index contributed by atoms with van der Waals surface area (Å²) in [5, 5.41) is 4.02. The molecule has 0 fully saturated rings. The van der Waals surface area contributed by atoms with Crippen LogP contribution in [0.2, 0.25) is 5.02 Å². The van der Waals surface area contributed by atoms with E-state index < -0.39 is 0 Å². The number of hydrogen-bond acceptors (Lipinski definition) is 4. The third-order valence-electron chi connectivity index (χ3n) is 2.88. The normalized spacial score (nSPS) is 12.0. The summed E-state index contributed by atoms with van der Waals surface area (Å²) in [5.41, 5.74) is 2.56. The van der Waals surface area contributed by atoms with Gasteiger partial charge < -0.3 is 5.32 Å². The molecule has 1 N–H and O–H groups in total. The minimum Gasteiger partial charge on any atom is -0.325 e. The summed E-state index contributed by atoms with van der Waals surface area (Å²) >= 11 is 7.45. The van der Waals surface area contributed by atoms with E-state index in [-0.39, 0.29) is 11.2 Å². The quantitative estimate of drug-likeness (QED) is 0.686. The molecule has 1 amide bonds. The standard InChI is InChI=1S/C15H16ClN3OS/c1-9-4-5-12(7-13(9)16)19-15(20)11(3)21-14-6-10(2)17-8-18-14/h4-8,11H,1-3H3,(H,19,20)/t11-/m1/s1. The minimum atomic E-state index is -0.264. The van der Waals surface area contributed by atoms with Crippen LogP contribution in [0.1, 0.15) is 18.2 Å². The summed E-state index contributed by atoms with van der Waals surface area (Å²) < 4.78 is 0. The highest BCUT2D eigenvalue weighted by Crippen LogP contribution is 2.24. The molecule has 2 rings (SSSR count). The first-order valence-electron chi connectivity index (χ1n) is 6.48. The maximum atomic E-state index is 12.2. The van der Waals surface area contributed by atoms with Crippen molar-refractivity contribution in [3.63, 3.8) is 0 Å². The molecule has 110 valence electrons. The summed E-state index contributed by atoms with van der Waals surface area (Å²) in [6.45, 7) is 5.65. The van der Waals surface area contributed by atoms with Crippen LogP contribution in [0.5, 0.6) is 0 Å². The number of halogens is 1. The van der Waals surface area contributed by atoms with Crippen LogP contribution in [0, 0.1) is 13.8 Å². The Balaban J connectivity index is 2.00. The Morgan fingerprint density at radius 2 is 2.05 bits per heavy atom. The SMILES string of the molecule is Cc1cc(S[C@H](C)C(=O)Nc2ccc(C)c(Cl)c2)ncn1. The van der Waals surface area contributed by atoms with Crippen LogP contribution in [-0.4, -0.2) is 21.1 Å². The average Bonchev–Trinajstić information content (AvgIpc) is 2.43. The maximum absolute atomic E-state index is 12.2. The molecule has 21 heavy (non-hydrogen) atoms. The van der Waals surface area contributed by atoms with Gasteiger partial charge in [-0.15, -0.1) is 0 Å². The predicted octanol–water partition coefficient (Wildman–Crippen LogP) is 3.87. The zero-order valence-corrected chi connectivity index (χ0v) is 13.6. The van der Waals surface area contributed by atoms with Crippen molar-refractivity contribution in [3.8, 4) is 0 Å². The highest BCUT2D eigenvalue weighted by Gasteiger charge is 2.15. The van der Waals surface area contributed by atoms with Gasteiger partial charge >= 0.3 is 0 Å². The van der Waals surface area contributed by atoms with Crippen molar-refractivity contribution in [1.82, 2.24) is 9.97 Å². The lowest BCUT2D eigenvalue weighted by molar-refractivity contribution is -0.115. The Morgan fingerprint density at radius 3 is 2.71 bits per heavy atom. The third-order valence-corrected chi connectivity index (χ3v) is 4.32. The van der Waals surface area contributed by atoms with Gasteiger partial charge in [0, 0.05) is 16.4 Å². The van der Waals surface area contributed by atoms with Gasteiger partial charge in [-0.2, -0.15) is 0 Å². The Kier molecular flexibility index (Phi) is 5.20. The molecule has 0 saturated heterocycles. The van der Waals surface area contributed by atoms with E-state index in [1.807, 2.05) is 39.0 Å². The molecule has 6 heteroatoms. The van der Waals surface area contributed by atoms with Crippen molar-refractivity contribution in [2.75, 3.05) is 5.32 Å². The molecule has 2 aromatic rings. The van der Waals surface area contributed by atoms with Gasteiger partial charge in [0.15, 0.2) is 0 Å². The molecule has 0 bridgehead atoms. The molecular weight excluding hydrogens is 306 g/mol. The second-order valence-corrected chi connectivity index (χ2v) is 6.48. The summed E-state index contributed by atoms with van der Waals surface area (Å²) in [6, 6.07) is 7.33. The molecule has 0 unspecified atom stereocenters. The first-order valence-corrected chi connectivity index (χ1v) is 7.74. The molecule has 1 atom stereocenters. The Bertz CT molecular complexity index is 663. The fourth-order valence-electron chi connectivity index (χ4n) is 1.64. The van der Waals surface area contributed by atoms with Gasteiger partial charge in [-0.1, -0.05) is 29.4 Å². The lowest BCUT2D eigenvalue weighted by Crippen LogP contribution is -2.22. The van der Waals surface area contributed by atoms with E-state index >= 15 is 0 Å². The number of thioether (sulfide) groups is 1. The van der Waals surface area contributed by atoms with Gasteiger partial charge in [0.2, 0.25) is 5.91 Å². The van der Waals surface area contributed by atoms with Crippen LogP contribution < -0.4 is 5.32 Å². The number of nitrogens with zero attached hydrogens (tertiary/aromatic N) is 2. The lowest BCUT2D eigenvalue weighted by Gasteiger charge is -2.12. The van der Waals surface area contributed by atoms with Crippen LogP contribution in [0.15, 0.2) is 35.6 Å². The van der Waals surface area contributed by atoms with Crippen LogP contribution >= 0.6 is 23.4 Å². The summed E-state index contributed by atoms with van der Waals surface area (Å²) in [4.78, 5) is 20.4. The van der Waals surface area contributed by atoms with Crippen molar-refractivity contribution in [2.24, 2.45) is 0 Å².